The van der Waals surface area contributed by atoms with Crippen LogP contribution in [0, 0.1) is 0 Å². The second-order valence-electron chi connectivity index (χ2n) is 6.45. The predicted octanol–water partition coefficient (Wildman–Crippen LogP) is 7.49. The summed E-state index contributed by atoms with van der Waals surface area (Å²) < 4.78 is 0. The smallest absolute Gasteiger partial charge is 0.0418 e. The minimum atomic E-state index is 0.0650. The summed E-state index contributed by atoms with van der Waals surface area (Å²) in [7, 11) is 0. The third kappa shape index (κ3) is 14.5. The first kappa shape index (κ1) is 19.3. The molecule has 0 saturated carbocycles. The molecule has 0 heterocycles. The molecule has 0 nitrogen and oxygen atoms in total. The Morgan fingerprint density at radius 2 is 0.895 bits per heavy atom. The molecule has 0 aliphatic carbocycles. The average molecular weight is 289 g/mol. The van der Waals surface area contributed by atoms with Crippen molar-refractivity contribution in [1.82, 2.24) is 0 Å². The highest BCUT2D eigenvalue weighted by atomic mass is 35.5. The molecule has 0 rings (SSSR count). The quantitative estimate of drug-likeness (QED) is 0.229. The first-order chi connectivity index (χ1) is 9.12. The number of rotatable bonds is 14. The molecule has 0 aliphatic rings. The van der Waals surface area contributed by atoms with Gasteiger partial charge in [0.05, 0.1) is 0 Å². The lowest BCUT2D eigenvalue weighted by molar-refractivity contribution is 0.459. The molecule has 0 radical (unpaired) electrons. The van der Waals surface area contributed by atoms with Crippen LogP contribution >= 0.6 is 11.6 Å². The van der Waals surface area contributed by atoms with Crippen molar-refractivity contribution in [2.75, 3.05) is 0 Å². The van der Waals surface area contributed by atoms with Gasteiger partial charge in [0, 0.05) is 4.87 Å². The maximum atomic E-state index is 6.62. The van der Waals surface area contributed by atoms with Crippen molar-refractivity contribution in [3.8, 4) is 0 Å². The summed E-state index contributed by atoms with van der Waals surface area (Å²) in [4.78, 5) is 0.0650. The van der Waals surface area contributed by atoms with E-state index in [2.05, 4.69) is 20.8 Å². The van der Waals surface area contributed by atoms with E-state index < -0.39 is 0 Å². The fraction of sp³-hybridized carbons (Fsp3) is 1.00. The molecular formula is C18H37Cl. The van der Waals surface area contributed by atoms with Crippen LogP contribution in [0.3, 0.4) is 0 Å². The van der Waals surface area contributed by atoms with Crippen molar-refractivity contribution in [2.24, 2.45) is 0 Å². The molecule has 0 bridgehead atoms. The lowest BCUT2D eigenvalue weighted by atomic mass is 9.95. The summed E-state index contributed by atoms with van der Waals surface area (Å²) >= 11 is 6.62. The van der Waals surface area contributed by atoms with Gasteiger partial charge in [-0.3, -0.25) is 0 Å². The Labute approximate surface area is 127 Å². The van der Waals surface area contributed by atoms with Crippen LogP contribution in [0.4, 0.5) is 0 Å². The van der Waals surface area contributed by atoms with Crippen LogP contribution in [-0.4, -0.2) is 4.87 Å². The SMILES string of the molecule is CCCCCCCCC(C)(Cl)CCCCCCCC. The Bertz CT molecular complexity index is 157. The van der Waals surface area contributed by atoms with Crippen LogP contribution in [0.2, 0.25) is 0 Å². The second-order valence-corrected chi connectivity index (χ2v) is 7.36. The van der Waals surface area contributed by atoms with Crippen LogP contribution in [0.1, 0.15) is 111 Å². The first-order valence-corrected chi connectivity index (χ1v) is 9.19. The molecule has 0 aromatic carbocycles. The van der Waals surface area contributed by atoms with E-state index in [-0.39, 0.29) is 4.87 Å². The van der Waals surface area contributed by atoms with E-state index in [0.717, 1.165) is 0 Å². The Kier molecular flexibility index (Phi) is 13.5. The van der Waals surface area contributed by atoms with Crippen LogP contribution in [-0.2, 0) is 0 Å². The zero-order chi connectivity index (χ0) is 14.4. The van der Waals surface area contributed by atoms with Gasteiger partial charge in [-0.2, -0.15) is 0 Å². The normalized spacial score (nSPS) is 12.0. The topological polar surface area (TPSA) is 0 Å². The summed E-state index contributed by atoms with van der Waals surface area (Å²) in [5, 5.41) is 0. The monoisotopic (exact) mass is 288 g/mol. The highest BCUT2D eigenvalue weighted by Gasteiger charge is 2.19. The Balaban J connectivity index is 3.36. The van der Waals surface area contributed by atoms with Crippen molar-refractivity contribution in [3.05, 3.63) is 0 Å². The molecule has 19 heavy (non-hydrogen) atoms. The summed E-state index contributed by atoms with van der Waals surface area (Å²) in [5.41, 5.74) is 0. The van der Waals surface area contributed by atoms with Crippen molar-refractivity contribution in [3.63, 3.8) is 0 Å². The molecule has 0 aliphatic heterocycles. The molecular weight excluding hydrogens is 252 g/mol. The maximum Gasteiger partial charge on any atom is 0.0418 e. The van der Waals surface area contributed by atoms with Gasteiger partial charge in [-0.1, -0.05) is 90.9 Å². The number of hydrogen-bond acceptors (Lipinski definition) is 0. The van der Waals surface area contributed by atoms with Gasteiger partial charge in [0.25, 0.3) is 0 Å². The summed E-state index contributed by atoms with van der Waals surface area (Å²) in [5.74, 6) is 0. The van der Waals surface area contributed by atoms with Crippen molar-refractivity contribution >= 4 is 11.6 Å². The Hall–Kier alpha value is 0.290. The summed E-state index contributed by atoms with van der Waals surface area (Å²) in [6, 6.07) is 0. The van der Waals surface area contributed by atoms with Gasteiger partial charge < -0.3 is 0 Å². The zero-order valence-electron chi connectivity index (χ0n) is 13.8. The largest absolute Gasteiger partial charge is 0.120 e. The molecule has 0 fully saturated rings. The van der Waals surface area contributed by atoms with E-state index in [1.807, 2.05) is 0 Å². The van der Waals surface area contributed by atoms with Gasteiger partial charge in [-0.15, -0.1) is 11.6 Å². The predicted molar refractivity (Wildman–Crippen MR) is 90.2 cm³/mol. The number of hydrogen-bond donors (Lipinski definition) is 0. The van der Waals surface area contributed by atoms with Gasteiger partial charge in [-0.05, 0) is 19.8 Å². The highest BCUT2D eigenvalue weighted by molar-refractivity contribution is 6.23. The van der Waals surface area contributed by atoms with Crippen LogP contribution in [0.15, 0.2) is 0 Å². The minimum absolute atomic E-state index is 0.0650. The molecule has 0 atom stereocenters. The standard InChI is InChI=1S/C18H37Cl/c1-4-6-8-10-12-14-16-18(3,19)17-15-13-11-9-7-5-2/h4-17H2,1-3H3. The lowest BCUT2D eigenvalue weighted by Crippen LogP contribution is -2.15. The molecule has 0 saturated heterocycles. The maximum absolute atomic E-state index is 6.62. The Morgan fingerprint density at radius 3 is 1.26 bits per heavy atom. The molecule has 0 spiro atoms. The summed E-state index contributed by atoms with van der Waals surface area (Å²) in [6.45, 7) is 6.79. The van der Waals surface area contributed by atoms with Crippen LogP contribution in [0.5, 0.6) is 0 Å². The minimum Gasteiger partial charge on any atom is -0.120 e. The second kappa shape index (κ2) is 13.3. The third-order valence-corrected chi connectivity index (χ3v) is 4.48. The number of alkyl halides is 1. The van der Waals surface area contributed by atoms with Gasteiger partial charge >= 0.3 is 0 Å². The fourth-order valence-electron chi connectivity index (χ4n) is 2.67. The van der Waals surface area contributed by atoms with Gasteiger partial charge in [0.1, 0.15) is 0 Å². The molecule has 0 amide bonds. The van der Waals surface area contributed by atoms with Crippen LogP contribution in [0.25, 0.3) is 0 Å². The lowest BCUT2D eigenvalue weighted by Gasteiger charge is -2.21. The van der Waals surface area contributed by atoms with E-state index in [0.29, 0.717) is 0 Å². The molecule has 116 valence electrons. The van der Waals surface area contributed by atoms with Crippen molar-refractivity contribution in [1.29, 1.82) is 0 Å². The molecule has 0 unspecified atom stereocenters. The summed E-state index contributed by atoms with van der Waals surface area (Å²) in [6.07, 6.45) is 18.9. The van der Waals surface area contributed by atoms with Gasteiger partial charge in [-0.25, -0.2) is 0 Å². The van der Waals surface area contributed by atoms with Crippen molar-refractivity contribution < 1.29 is 0 Å². The highest BCUT2D eigenvalue weighted by Crippen LogP contribution is 2.29. The van der Waals surface area contributed by atoms with E-state index in [1.54, 1.807) is 0 Å². The van der Waals surface area contributed by atoms with E-state index >= 15 is 0 Å². The molecule has 1 heteroatoms. The molecule has 0 aromatic rings. The number of unbranched alkanes of at least 4 members (excludes halogenated alkanes) is 10. The molecule has 0 N–H and O–H groups in total. The van der Waals surface area contributed by atoms with Crippen molar-refractivity contribution in [2.45, 2.75) is 116 Å². The third-order valence-electron chi connectivity index (χ3n) is 4.10. The van der Waals surface area contributed by atoms with E-state index in [9.17, 15) is 0 Å². The zero-order valence-corrected chi connectivity index (χ0v) is 14.5. The van der Waals surface area contributed by atoms with E-state index in [4.69, 9.17) is 11.6 Å². The van der Waals surface area contributed by atoms with E-state index in [1.165, 1.54) is 89.9 Å². The van der Waals surface area contributed by atoms with Gasteiger partial charge in [0.15, 0.2) is 0 Å². The Morgan fingerprint density at radius 1 is 0.579 bits per heavy atom. The number of halogens is 1. The first-order valence-electron chi connectivity index (χ1n) is 8.81. The van der Waals surface area contributed by atoms with Gasteiger partial charge in [0.2, 0.25) is 0 Å². The fourth-order valence-corrected chi connectivity index (χ4v) is 2.94. The van der Waals surface area contributed by atoms with Crippen LogP contribution < -0.4 is 0 Å². The average Bonchev–Trinajstić information content (AvgIpc) is 2.38. The molecule has 0 aromatic heterocycles.